The zero-order chi connectivity index (χ0) is 14.3. The second-order valence-corrected chi connectivity index (χ2v) is 4.75. The molecule has 2 heterocycles. The van der Waals surface area contributed by atoms with Crippen LogP contribution in [0.15, 0.2) is 12.1 Å². The predicted molar refractivity (Wildman–Crippen MR) is 68.4 cm³/mol. The molecule has 20 heavy (non-hydrogen) atoms. The van der Waals surface area contributed by atoms with E-state index in [1.807, 2.05) is 0 Å². The van der Waals surface area contributed by atoms with Crippen LogP contribution in [0.25, 0.3) is 0 Å². The van der Waals surface area contributed by atoms with Crippen molar-refractivity contribution < 1.29 is 23.8 Å². The van der Waals surface area contributed by atoms with Crippen molar-refractivity contribution >= 4 is 23.1 Å². The van der Waals surface area contributed by atoms with E-state index in [1.165, 1.54) is 6.07 Å². The number of aliphatic hydroxyl groups excluding tert-OH is 1. The number of anilines is 2. The maximum Gasteiger partial charge on any atom is 0.296 e. The normalized spacial score (nSPS) is 21.9. The molecule has 3 rings (SSSR count). The van der Waals surface area contributed by atoms with Gasteiger partial charge in [-0.1, -0.05) is 0 Å². The number of morpholine rings is 1. The minimum atomic E-state index is -0.744. The second-order valence-electron chi connectivity index (χ2n) is 4.75. The quantitative estimate of drug-likeness (QED) is 0.754. The Kier molecular flexibility index (Phi) is 3.15. The van der Waals surface area contributed by atoms with E-state index in [0.717, 1.165) is 6.07 Å². The molecule has 7 heteroatoms. The van der Waals surface area contributed by atoms with E-state index in [0.29, 0.717) is 31.1 Å². The Balaban J connectivity index is 1.93. The molecule has 1 amide bonds. The van der Waals surface area contributed by atoms with Crippen molar-refractivity contribution in [2.24, 2.45) is 0 Å². The van der Waals surface area contributed by atoms with Gasteiger partial charge in [0.25, 0.3) is 11.7 Å². The maximum atomic E-state index is 14.1. The number of amides is 1. The Bertz CT molecular complexity index is 590. The number of nitrogens with one attached hydrogen (secondary N) is 1. The zero-order valence-corrected chi connectivity index (χ0v) is 10.6. The Morgan fingerprint density at radius 2 is 2.25 bits per heavy atom. The van der Waals surface area contributed by atoms with Crippen molar-refractivity contribution in [3.05, 3.63) is 23.5 Å². The summed E-state index contributed by atoms with van der Waals surface area (Å²) in [6, 6.07) is 2.53. The zero-order valence-electron chi connectivity index (χ0n) is 10.6. The van der Waals surface area contributed by atoms with E-state index in [4.69, 9.17) is 9.84 Å². The molecule has 0 bridgehead atoms. The summed E-state index contributed by atoms with van der Waals surface area (Å²) in [5.41, 5.74) is 0.673. The molecule has 106 valence electrons. The number of carbonyl (C=O) groups is 2. The number of hydrogen-bond donors (Lipinski definition) is 2. The van der Waals surface area contributed by atoms with Gasteiger partial charge in [-0.3, -0.25) is 9.59 Å². The topological polar surface area (TPSA) is 78.9 Å². The lowest BCUT2D eigenvalue weighted by atomic mass is 10.1. The molecule has 0 aliphatic carbocycles. The highest BCUT2D eigenvalue weighted by atomic mass is 19.1. The SMILES string of the molecule is O=C1Nc2cc(N3CCOC(CO)C3)c(F)cc2C1=O. The number of hydrogen-bond acceptors (Lipinski definition) is 5. The third-order valence-electron chi connectivity index (χ3n) is 3.47. The molecule has 2 aliphatic heterocycles. The first kappa shape index (κ1) is 13.0. The van der Waals surface area contributed by atoms with Gasteiger partial charge in [0.15, 0.2) is 0 Å². The molecule has 1 aromatic rings. The molecule has 1 fully saturated rings. The van der Waals surface area contributed by atoms with Crippen LogP contribution >= 0.6 is 0 Å². The maximum absolute atomic E-state index is 14.1. The molecule has 0 aromatic heterocycles. The average Bonchev–Trinajstić information content (AvgIpc) is 2.73. The molecular weight excluding hydrogens is 267 g/mol. The Labute approximate surface area is 114 Å². The summed E-state index contributed by atoms with van der Waals surface area (Å²) in [7, 11) is 0. The van der Waals surface area contributed by atoms with Gasteiger partial charge in [-0.15, -0.1) is 0 Å². The molecule has 0 saturated carbocycles. The van der Waals surface area contributed by atoms with Crippen LogP contribution in [0.3, 0.4) is 0 Å². The number of ether oxygens (including phenoxy) is 1. The van der Waals surface area contributed by atoms with E-state index in [9.17, 15) is 14.0 Å². The monoisotopic (exact) mass is 280 g/mol. The second kappa shape index (κ2) is 4.84. The summed E-state index contributed by atoms with van der Waals surface area (Å²) in [6.45, 7) is 1.08. The molecule has 2 N–H and O–H groups in total. The molecular formula is C13H13FN2O4. The first-order chi connectivity index (χ1) is 9.60. The smallest absolute Gasteiger partial charge is 0.296 e. The molecule has 6 nitrogen and oxygen atoms in total. The fourth-order valence-corrected chi connectivity index (χ4v) is 2.45. The van der Waals surface area contributed by atoms with Crippen LogP contribution in [-0.4, -0.2) is 49.2 Å². The number of Topliss-reactive ketones (excluding diaryl/α,β-unsaturated/α-hetero) is 1. The molecule has 0 radical (unpaired) electrons. The molecule has 1 aromatic carbocycles. The third-order valence-corrected chi connectivity index (χ3v) is 3.47. The van der Waals surface area contributed by atoms with Crippen LogP contribution in [0.5, 0.6) is 0 Å². The Morgan fingerprint density at radius 1 is 1.45 bits per heavy atom. The van der Waals surface area contributed by atoms with Crippen molar-refractivity contribution in [2.75, 3.05) is 36.5 Å². The van der Waals surface area contributed by atoms with E-state index >= 15 is 0 Å². The van der Waals surface area contributed by atoms with Crippen molar-refractivity contribution in [2.45, 2.75) is 6.10 Å². The first-order valence-corrected chi connectivity index (χ1v) is 6.27. The summed E-state index contributed by atoms with van der Waals surface area (Å²) < 4.78 is 19.4. The number of aliphatic hydroxyl groups is 1. The highest BCUT2D eigenvalue weighted by Gasteiger charge is 2.31. The van der Waals surface area contributed by atoms with Crippen LogP contribution in [0.2, 0.25) is 0 Å². The van der Waals surface area contributed by atoms with E-state index < -0.39 is 17.5 Å². The largest absolute Gasteiger partial charge is 0.394 e. The van der Waals surface area contributed by atoms with Crippen LogP contribution in [0.1, 0.15) is 10.4 Å². The van der Waals surface area contributed by atoms with Gasteiger partial charge in [-0.2, -0.15) is 0 Å². The van der Waals surface area contributed by atoms with Crippen LogP contribution < -0.4 is 10.2 Å². The average molecular weight is 280 g/mol. The first-order valence-electron chi connectivity index (χ1n) is 6.27. The lowest BCUT2D eigenvalue weighted by Crippen LogP contribution is -2.44. The molecule has 0 spiro atoms. The van der Waals surface area contributed by atoms with Gasteiger partial charge in [-0.05, 0) is 12.1 Å². The minimum Gasteiger partial charge on any atom is -0.394 e. The van der Waals surface area contributed by atoms with Gasteiger partial charge in [0.1, 0.15) is 5.82 Å². The lowest BCUT2D eigenvalue weighted by molar-refractivity contribution is -0.112. The van der Waals surface area contributed by atoms with E-state index in [2.05, 4.69) is 5.32 Å². The number of fused-ring (bicyclic) bond motifs is 1. The molecule has 1 atom stereocenters. The van der Waals surface area contributed by atoms with Gasteiger partial charge >= 0.3 is 0 Å². The summed E-state index contributed by atoms with van der Waals surface area (Å²) in [6.07, 6.45) is -0.368. The Morgan fingerprint density at radius 3 is 3.00 bits per heavy atom. The number of halogens is 1. The number of ketones is 1. The summed E-state index contributed by atoms with van der Waals surface area (Å²) >= 11 is 0. The number of rotatable bonds is 2. The van der Waals surface area contributed by atoms with Gasteiger partial charge in [0, 0.05) is 13.1 Å². The van der Waals surface area contributed by atoms with Crippen molar-refractivity contribution in [1.82, 2.24) is 0 Å². The summed E-state index contributed by atoms with van der Waals surface area (Å²) in [5, 5.41) is 11.5. The molecule has 2 aliphatic rings. The van der Waals surface area contributed by atoms with Crippen LogP contribution in [-0.2, 0) is 9.53 Å². The fraction of sp³-hybridized carbons (Fsp3) is 0.385. The summed E-state index contributed by atoms with van der Waals surface area (Å²) in [5.74, 6) is -2.03. The lowest BCUT2D eigenvalue weighted by Gasteiger charge is -2.34. The Hall–Kier alpha value is -1.99. The van der Waals surface area contributed by atoms with Crippen molar-refractivity contribution in [3.63, 3.8) is 0 Å². The van der Waals surface area contributed by atoms with E-state index in [-0.39, 0.29) is 18.3 Å². The fourth-order valence-electron chi connectivity index (χ4n) is 2.45. The molecule has 1 saturated heterocycles. The predicted octanol–water partition coefficient (Wildman–Crippen LogP) is 0.158. The van der Waals surface area contributed by atoms with Crippen molar-refractivity contribution in [1.29, 1.82) is 0 Å². The van der Waals surface area contributed by atoms with Gasteiger partial charge in [0.2, 0.25) is 0 Å². The number of carbonyl (C=O) groups excluding carboxylic acids is 2. The number of nitrogens with zero attached hydrogens (tertiary/aromatic N) is 1. The minimum absolute atomic E-state index is 0.0585. The van der Waals surface area contributed by atoms with Crippen LogP contribution in [0, 0.1) is 5.82 Å². The van der Waals surface area contributed by atoms with Crippen molar-refractivity contribution in [3.8, 4) is 0 Å². The van der Waals surface area contributed by atoms with Gasteiger partial charge in [-0.25, -0.2) is 4.39 Å². The highest BCUT2D eigenvalue weighted by molar-refractivity contribution is 6.51. The summed E-state index contributed by atoms with van der Waals surface area (Å²) in [4.78, 5) is 24.5. The standard InChI is InChI=1S/C13H13FN2O4/c14-9-3-8-10(15-13(19)12(8)18)4-11(9)16-1-2-20-7(5-16)6-17/h3-4,7,17H,1-2,5-6H2,(H,15,18,19). The highest BCUT2D eigenvalue weighted by Crippen LogP contribution is 2.31. The van der Waals surface area contributed by atoms with Crippen LogP contribution in [0.4, 0.5) is 15.8 Å². The number of benzene rings is 1. The van der Waals surface area contributed by atoms with Gasteiger partial charge < -0.3 is 20.1 Å². The third kappa shape index (κ3) is 2.04. The van der Waals surface area contributed by atoms with E-state index in [1.54, 1.807) is 4.90 Å². The van der Waals surface area contributed by atoms with Gasteiger partial charge in [0.05, 0.1) is 36.3 Å². The molecule has 1 unspecified atom stereocenters.